The molecule has 2 aromatic rings. The molecule has 1 atom stereocenters. The average molecular weight is 467 g/mol. The third kappa shape index (κ3) is 6.83. The van der Waals surface area contributed by atoms with Crippen molar-refractivity contribution in [2.45, 2.75) is 63.8 Å². The lowest BCUT2D eigenvalue weighted by molar-refractivity contribution is -0.139. The second-order valence-corrected chi connectivity index (χ2v) is 8.66. The van der Waals surface area contributed by atoms with E-state index < -0.39 is 18.1 Å². The van der Waals surface area contributed by atoms with Crippen LogP contribution in [0.4, 0.5) is 4.79 Å². The molecule has 1 aliphatic rings. The molecule has 3 rings (SSSR count). The Labute approximate surface area is 200 Å². The molecule has 0 aliphatic heterocycles. The van der Waals surface area contributed by atoms with E-state index in [-0.39, 0.29) is 31.4 Å². The number of carboxylic acid groups (broad SMARTS) is 1. The molecule has 0 spiro atoms. The number of unbranched alkanes of at least 4 members (excludes halogenated alkanes) is 4. The van der Waals surface area contributed by atoms with Crippen molar-refractivity contribution in [1.29, 1.82) is 0 Å². The zero-order valence-electron chi connectivity index (χ0n) is 19.7. The number of fused-ring (bicyclic) bond motifs is 3. The Morgan fingerprint density at radius 1 is 0.941 bits per heavy atom. The van der Waals surface area contributed by atoms with E-state index in [2.05, 4.69) is 17.6 Å². The van der Waals surface area contributed by atoms with Crippen molar-refractivity contribution in [2.75, 3.05) is 13.2 Å². The molecule has 2 amide bonds. The largest absolute Gasteiger partial charge is 0.480 e. The van der Waals surface area contributed by atoms with E-state index >= 15 is 0 Å². The zero-order valence-corrected chi connectivity index (χ0v) is 19.7. The first-order valence-corrected chi connectivity index (χ1v) is 12.1. The van der Waals surface area contributed by atoms with Crippen LogP contribution in [0.5, 0.6) is 0 Å². The number of benzene rings is 2. The maximum Gasteiger partial charge on any atom is 0.407 e. The molecular formula is C27H34N2O5. The summed E-state index contributed by atoms with van der Waals surface area (Å²) in [5.41, 5.74) is 4.42. The van der Waals surface area contributed by atoms with Gasteiger partial charge in [-0.3, -0.25) is 4.79 Å². The Morgan fingerprint density at radius 3 is 2.18 bits per heavy atom. The van der Waals surface area contributed by atoms with Crippen LogP contribution >= 0.6 is 0 Å². The van der Waals surface area contributed by atoms with Crippen LogP contribution < -0.4 is 10.6 Å². The predicted octanol–water partition coefficient (Wildman–Crippen LogP) is 4.85. The van der Waals surface area contributed by atoms with E-state index in [4.69, 9.17) is 4.74 Å². The number of nitrogens with one attached hydrogen (secondary N) is 2. The molecule has 0 bridgehead atoms. The van der Waals surface area contributed by atoms with Gasteiger partial charge in [-0.15, -0.1) is 0 Å². The quantitative estimate of drug-likeness (QED) is 0.366. The fraction of sp³-hybridized carbons (Fsp3) is 0.444. The predicted molar refractivity (Wildman–Crippen MR) is 131 cm³/mol. The fourth-order valence-electron chi connectivity index (χ4n) is 4.37. The van der Waals surface area contributed by atoms with Crippen molar-refractivity contribution in [3.8, 4) is 11.1 Å². The summed E-state index contributed by atoms with van der Waals surface area (Å²) in [6.45, 7) is 2.43. The standard InChI is InChI=1S/C27H34N2O5/c1-2-3-4-5-6-15-25(30)28-17-16-24(26(31)32)29-27(33)34-18-23-21-13-9-7-11-19(21)20-12-8-10-14-22(20)23/h7-14,23-24H,2-6,15-18H2,1H3,(H,28,30)(H,29,33)(H,31,32). The van der Waals surface area contributed by atoms with Gasteiger partial charge >= 0.3 is 12.1 Å². The van der Waals surface area contributed by atoms with Crippen molar-refractivity contribution < 1.29 is 24.2 Å². The van der Waals surface area contributed by atoms with Gasteiger partial charge < -0.3 is 20.5 Å². The molecule has 2 aromatic carbocycles. The second-order valence-electron chi connectivity index (χ2n) is 8.66. The van der Waals surface area contributed by atoms with E-state index in [9.17, 15) is 19.5 Å². The molecule has 3 N–H and O–H groups in total. The summed E-state index contributed by atoms with van der Waals surface area (Å²) in [6, 6.07) is 14.9. The van der Waals surface area contributed by atoms with Crippen molar-refractivity contribution in [1.82, 2.24) is 10.6 Å². The van der Waals surface area contributed by atoms with Gasteiger partial charge in [0.2, 0.25) is 5.91 Å². The summed E-state index contributed by atoms with van der Waals surface area (Å²) in [4.78, 5) is 35.9. The molecule has 0 fully saturated rings. The number of aliphatic carboxylic acids is 1. The Morgan fingerprint density at radius 2 is 1.56 bits per heavy atom. The molecular weight excluding hydrogens is 432 g/mol. The molecule has 1 unspecified atom stereocenters. The first-order chi connectivity index (χ1) is 16.5. The summed E-state index contributed by atoms with van der Waals surface area (Å²) in [5.74, 6) is -1.36. The Bertz CT molecular complexity index is 945. The molecule has 7 heteroatoms. The molecule has 0 saturated heterocycles. The first-order valence-electron chi connectivity index (χ1n) is 12.1. The molecule has 7 nitrogen and oxygen atoms in total. The monoisotopic (exact) mass is 466 g/mol. The normalized spacial score (nSPS) is 13.0. The van der Waals surface area contributed by atoms with Gasteiger partial charge in [-0.1, -0.05) is 81.1 Å². The molecule has 0 heterocycles. The lowest BCUT2D eigenvalue weighted by Crippen LogP contribution is -2.43. The van der Waals surface area contributed by atoms with E-state index in [0.717, 1.165) is 47.9 Å². The summed E-state index contributed by atoms with van der Waals surface area (Å²) < 4.78 is 5.43. The summed E-state index contributed by atoms with van der Waals surface area (Å²) in [5, 5.41) is 14.6. The fourth-order valence-corrected chi connectivity index (χ4v) is 4.37. The van der Waals surface area contributed by atoms with E-state index in [1.54, 1.807) is 0 Å². The van der Waals surface area contributed by atoms with Gasteiger partial charge in [0, 0.05) is 18.9 Å². The van der Waals surface area contributed by atoms with Gasteiger partial charge in [0.25, 0.3) is 0 Å². The number of carbonyl (C=O) groups is 3. The minimum atomic E-state index is -1.16. The van der Waals surface area contributed by atoms with Crippen LogP contribution in [0.25, 0.3) is 11.1 Å². The summed E-state index contributed by atoms with van der Waals surface area (Å²) >= 11 is 0. The second kappa shape index (κ2) is 12.8. The topological polar surface area (TPSA) is 105 Å². The number of carboxylic acids is 1. The lowest BCUT2D eigenvalue weighted by Gasteiger charge is -2.17. The number of alkyl carbamates (subject to hydrolysis) is 1. The zero-order chi connectivity index (χ0) is 24.3. The van der Waals surface area contributed by atoms with Gasteiger partial charge in [-0.2, -0.15) is 0 Å². The maximum absolute atomic E-state index is 12.4. The smallest absolute Gasteiger partial charge is 0.407 e. The van der Waals surface area contributed by atoms with Crippen LogP contribution in [0.1, 0.15) is 68.9 Å². The maximum atomic E-state index is 12.4. The third-order valence-corrected chi connectivity index (χ3v) is 6.20. The highest BCUT2D eigenvalue weighted by Crippen LogP contribution is 2.44. The first kappa shape index (κ1) is 25.3. The van der Waals surface area contributed by atoms with Crippen LogP contribution in [0.2, 0.25) is 0 Å². The highest BCUT2D eigenvalue weighted by molar-refractivity contribution is 5.81. The Kier molecular flexibility index (Phi) is 9.50. The lowest BCUT2D eigenvalue weighted by atomic mass is 9.98. The summed E-state index contributed by atoms with van der Waals surface area (Å²) in [7, 11) is 0. The minimum Gasteiger partial charge on any atom is -0.480 e. The number of hydrogen-bond donors (Lipinski definition) is 3. The van der Waals surface area contributed by atoms with Crippen molar-refractivity contribution in [3.05, 3.63) is 59.7 Å². The van der Waals surface area contributed by atoms with Crippen LogP contribution in [0.3, 0.4) is 0 Å². The van der Waals surface area contributed by atoms with Gasteiger partial charge in [0.15, 0.2) is 0 Å². The molecule has 0 aromatic heterocycles. The molecule has 0 radical (unpaired) electrons. The SMILES string of the molecule is CCCCCCCC(=O)NCCC(NC(=O)OCC1c2ccccc2-c2ccccc21)C(=O)O. The third-order valence-electron chi connectivity index (χ3n) is 6.20. The average Bonchev–Trinajstić information content (AvgIpc) is 3.15. The van der Waals surface area contributed by atoms with Gasteiger partial charge in [0.1, 0.15) is 12.6 Å². The van der Waals surface area contributed by atoms with Gasteiger partial charge in [-0.25, -0.2) is 9.59 Å². The van der Waals surface area contributed by atoms with Gasteiger partial charge in [-0.05, 0) is 35.1 Å². The molecule has 182 valence electrons. The van der Waals surface area contributed by atoms with Crippen molar-refractivity contribution in [3.63, 3.8) is 0 Å². The number of ether oxygens (including phenoxy) is 1. The van der Waals surface area contributed by atoms with Crippen molar-refractivity contribution in [2.24, 2.45) is 0 Å². The molecule has 0 saturated carbocycles. The van der Waals surface area contributed by atoms with Crippen LogP contribution in [0.15, 0.2) is 48.5 Å². The molecule has 34 heavy (non-hydrogen) atoms. The highest BCUT2D eigenvalue weighted by atomic mass is 16.5. The number of amides is 2. The van der Waals surface area contributed by atoms with Gasteiger partial charge in [0.05, 0.1) is 0 Å². The van der Waals surface area contributed by atoms with E-state index in [1.807, 2.05) is 48.5 Å². The van der Waals surface area contributed by atoms with Crippen molar-refractivity contribution >= 4 is 18.0 Å². The number of rotatable bonds is 13. The molecule has 1 aliphatic carbocycles. The highest BCUT2D eigenvalue weighted by Gasteiger charge is 2.29. The number of hydrogen-bond acceptors (Lipinski definition) is 4. The van der Waals surface area contributed by atoms with E-state index in [0.29, 0.717) is 6.42 Å². The van der Waals surface area contributed by atoms with Crippen LogP contribution in [-0.2, 0) is 14.3 Å². The minimum absolute atomic E-state index is 0.0844. The Balaban J connectivity index is 1.45. The summed E-state index contributed by atoms with van der Waals surface area (Å²) in [6.07, 6.45) is 5.02. The number of carbonyl (C=O) groups excluding carboxylic acids is 2. The van der Waals surface area contributed by atoms with E-state index in [1.165, 1.54) is 6.42 Å². The Hall–Kier alpha value is -3.35. The van der Waals surface area contributed by atoms with Crippen LogP contribution in [0, 0.1) is 0 Å². The van der Waals surface area contributed by atoms with Crippen LogP contribution in [-0.4, -0.2) is 42.3 Å².